The molecule has 1 aliphatic heterocycles. The lowest BCUT2D eigenvalue weighted by Gasteiger charge is -2.23. The van der Waals surface area contributed by atoms with Crippen LogP contribution in [0.25, 0.3) is 0 Å². The molecule has 2 rings (SSSR count). The highest BCUT2D eigenvalue weighted by Gasteiger charge is 2.31. The number of aryl methyl sites for hydroxylation is 1. The number of carboxylic acid groups (broad SMARTS) is 1. The summed E-state index contributed by atoms with van der Waals surface area (Å²) in [6, 6.07) is 4.93. The summed E-state index contributed by atoms with van der Waals surface area (Å²) in [5.41, 5.74) is 1.90. The minimum Gasteiger partial charge on any atom is -0.481 e. The molecule has 0 saturated carbocycles. The second-order valence-electron chi connectivity index (χ2n) is 6.74. The lowest BCUT2D eigenvalue weighted by atomic mass is 10.1. The number of carbonyl (C=O) groups is 3. The Morgan fingerprint density at radius 2 is 2.00 bits per heavy atom. The van der Waals surface area contributed by atoms with Gasteiger partial charge < -0.3 is 20.2 Å². The van der Waals surface area contributed by atoms with Crippen LogP contribution in [0.4, 0.5) is 10.5 Å². The second kappa shape index (κ2) is 7.55. The molecule has 1 atom stereocenters. The number of benzene rings is 1. The topological polar surface area (TPSA) is 90.0 Å². The summed E-state index contributed by atoms with van der Waals surface area (Å²) in [6.07, 6.45) is 0.458. The molecule has 1 aliphatic rings. The maximum atomic E-state index is 12.6. The number of hydrogen-bond donors (Lipinski definition) is 2. The third-order valence-corrected chi connectivity index (χ3v) is 4.64. The number of rotatable bonds is 4. The van der Waals surface area contributed by atoms with Crippen LogP contribution in [0.5, 0.6) is 0 Å². The van der Waals surface area contributed by atoms with E-state index in [1.165, 1.54) is 4.90 Å². The van der Waals surface area contributed by atoms with Crippen LogP contribution in [0.15, 0.2) is 18.2 Å². The average molecular weight is 347 g/mol. The van der Waals surface area contributed by atoms with Crippen molar-refractivity contribution in [3.05, 3.63) is 29.3 Å². The third-order valence-electron chi connectivity index (χ3n) is 4.64. The Kier molecular flexibility index (Phi) is 5.66. The SMILES string of the molecule is Cc1ccc(NC(=O)N2CCC(C(=O)O)C2)cc1C(=O)N(C)C(C)C. The predicted octanol–water partition coefficient (Wildman–Crippen LogP) is 2.41. The summed E-state index contributed by atoms with van der Waals surface area (Å²) < 4.78 is 0. The van der Waals surface area contributed by atoms with Gasteiger partial charge in [-0.15, -0.1) is 0 Å². The molecule has 25 heavy (non-hydrogen) atoms. The Bertz CT molecular complexity index is 687. The van der Waals surface area contributed by atoms with Crippen molar-refractivity contribution in [1.82, 2.24) is 9.80 Å². The smallest absolute Gasteiger partial charge is 0.321 e. The largest absolute Gasteiger partial charge is 0.481 e. The van der Waals surface area contributed by atoms with Crippen molar-refractivity contribution in [2.24, 2.45) is 5.92 Å². The first kappa shape index (κ1) is 18.8. The Morgan fingerprint density at radius 3 is 2.56 bits per heavy atom. The maximum absolute atomic E-state index is 12.6. The molecular weight excluding hydrogens is 322 g/mol. The van der Waals surface area contributed by atoms with Gasteiger partial charge >= 0.3 is 12.0 Å². The third kappa shape index (κ3) is 4.29. The molecule has 2 N–H and O–H groups in total. The molecule has 0 spiro atoms. The van der Waals surface area contributed by atoms with Crippen LogP contribution in [-0.4, -0.2) is 59.0 Å². The van der Waals surface area contributed by atoms with Gasteiger partial charge in [-0.2, -0.15) is 0 Å². The van der Waals surface area contributed by atoms with Gasteiger partial charge in [-0.1, -0.05) is 6.07 Å². The number of likely N-dealkylation sites (tertiary alicyclic amines) is 1. The molecule has 0 aromatic heterocycles. The van der Waals surface area contributed by atoms with E-state index in [9.17, 15) is 14.4 Å². The van der Waals surface area contributed by atoms with Gasteiger partial charge in [0.25, 0.3) is 5.91 Å². The van der Waals surface area contributed by atoms with Crippen molar-refractivity contribution in [3.8, 4) is 0 Å². The zero-order chi connectivity index (χ0) is 18.7. The Labute approximate surface area is 147 Å². The van der Waals surface area contributed by atoms with Crippen molar-refractivity contribution in [2.75, 3.05) is 25.5 Å². The van der Waals surface area contributed by atoms with Gasteiger partial charge in [0.05, 0.1) is 5.92 Å². The van der Waals surface area contributed by atoms with Crippen LogP contribution in [0.1, 0.15) is 36.2 Å². The van der Waals surface area contributed by atoms with Crippen molar-refractivity contribution < 1.29 is 19.5 Å². The summed E-state index contributed by atoms with van der Waals surface area (Å²) in [7, 11) is 1.74. The fourth-order valence-electron chi connectivity index (χ4n) is 2.70. The molecule has 3 amide bonds. The molecule has 0 bridgehead atoms. The van der Waals surface area contributed by atoms with Crippen molar-refractivity contribution in [1.29, 1.82) is 0 Å². The molecule has 1 saturated heterocycles. The molecule has 1 fully saturated rings. The van der Waals surface area contributed by atoms with Gasteiger partial charge in [-0.05, 0) is 44.9 Å². The number of nitrogens with one attached hydrogen (secondary N) is 1. The van der Waals surface area contributed by atoms with E-state index in [0.717, 1.165) is 5.56 Å². The molecular formula is C18H25N3O4. The zero-order valence-electron chi connectivity index (χ0n) is 15.1. The first-order valence-electron chi connectivity index (χ1n) is 8.37. The number of urea groups is 1. The van der Waals surface area contributed by atoms with E-state index in [0.29, 0.717) is 24.2 Å². The van der Waals surface area contributed by atoms with E-state index in [2.05, 4.69) is 5.32 Å². The van der Waals surface area contributed by atoms with Crippen LogP contribution >= 0.6 is 0 Å². The van der Waals surface area contributed by atoms with E-state index in [-0.39, 0.29) is 24.5 Å². The number of anilines is 1. The van der Waals surface area contributed by atoms with Gasteiger partial charge in [-0.25, -0.2) is 4.79 Å². The molecule has 1 aromatic rings. The first-order chi connectivity index (χ1) is 11.7. The highest BCUT2D eigenvalue weighted by molar-refractivity contribution is 5.98. The Morgan fingerprint density at radius 1 is 1.32 bits per heavy atom. The summed E-state index contributed by atoms with van der Waals surface area (Å²) in [4.78, 5) is 39.0. The van der Waals surface area contributed by atoms with Crippen LogP contribution in [0.3, 0.4) is 0 Å². The number of carboxylic acids is 1. The van der Waals surface area contributed by atoms with E-state index < -0.39 is 11.9 Å². The normalized spacial score (nSPS) is 16.8. The van der Waals surface area contributed by atoms with Crippen LogP contribution in [0.2, 0.25) is 0 Å². The van der Waals surface area contributed by atoms with E-state index >= 15 is 0 Å². The fraction of sp³-hybridized carbons (Fsp3) is 0.500. The maximum Gasteiger partial charge on any atom is 0.321 e. The summed E-state index contributed by atoms with van der Waals surface area (Å²) in [5.74, 6) is -1.49. The molecule has 1 heterocycles. The lowest BCUT2D eigenvalue weighted by Crippen LogP contribution is -2.34. The van der Waals surface area contributed by atoms with Crippen molar-refractivity contribution in [3.63, 3.8) is 0 Å². The summed E-state index contributed by atoms with van der Waals surface area (Å²) in [5, 5.41) is 11.8. The zero-order valence-corrected chi connectivity index (χ0v) is 15.1. The molecule has 1 aromatic carbocycles. The van der Waals surface area contributed by atoms with Gasteiger partial charge in [0, 0.05) is 37.4 Å². The molecule has 7 heteroatoms. The lowest BCUT2D eigenvalue weighted by molar-refractivity contribution is -0.141. The standard InChI is InChI=1S/C18H25N3O4/c1-11(2)20(4)16(22)15-9-14(6-5-12(15)3)19-18(25)21-8-7-13(10-21)17(23)24/h5-6,9,11,13H,7-8,10H2,1-4H3,(H,19,25)(H,23,24). The number of nitrogens with zero attached hydrogens (tertiary/aromatic N) is 2. The average Bonchev–Trinajstić information content (AvgIpc) is 3.05. The summed E-state index contributed by atoms with van der Waals surface area (Å²) in [6.45, 7) is 6.34. The van der Waals surface area contributed by atoms with Gasteiger partial charge in [0.1, 0.15) is 0 Å². The minimum absolute atomic E-state index is 0.0719. The van der Waals surface area contributed by atoms with Gasteiger partial charge in [-0.3, -0.25) is 9.59 Å². The van der Waals surface area contributed by atoms with Gasteiger partial charge in [0.15, 0.2) is 0 Å². The minimum atomic E-state index is -0.879. The molecule has 0 radical (unpaired) electrons. The molecule has 0 aliphatic carbocycles. The molecule has 7 nitrogen and oxygen atoms in total. The number of hydrogen-bond acceptors (Lipinski definition) is 3. The van der Waals surface area contributed by atoms with Crippen molar-refractivity contribution >= 4 is 23.6 Å². The highest BCUT2D eigenvalue weighted by Crippen LogP contribution is 2.21. The van der Waals surface area contributed by atoms with E-state index in [4.69, 9.17) is 5.11 Å². The predicted molar refractivity (Wildman–Crippen MR) is 94.7 cm³/mol. The highest BCUT2D eigenvalue weighted by atomic mass is 16.4. The van der Waals surface area contributed by atoms with Crippen LogP contribution in [0, 0.1) is 12.8 Å². The molecule has 136 valence electrons. The van der Waals surface area contributed by atoms with Crippen LogP contribution in [-0.2, 0) is 4.79 Å². The second-order valence-corrected chi connectivity index (χ2v) is 6.74. The number of aliphatic carboxylic acids is 1. The van der Waals surface area contributed by atoms with Crippen molar-refractivity contribution in [2.45, 2.75) is 33.2 Å². The summed E-state index contributed by atoms with van der Waals surface area (Å²) >= 11 is 0. The van der Waals surface area contributed by atoms with Gasteiger partial charge in [0.2, 0.25) is 0 Å². The quantitative estimate of drug-likeness (QED) is 0.875. The van der Waals surface area contributed by atoms with E-state index in [1.54, 1.807) is 30.1 Å². The fourth-order valence-corrected chi connectivity index (χ4v) is 2.70. The monoisotopic (exact) mass is 347 g/mol. The Balaban J connectivity index is 2.11. The van der Waals surface area contributed by atoms with Crippen LogP contribution < -0.4 is 5.32 Å². The van der Waals surface area contributed by atoms with E-state index in [1.807, 2.05) is 20.8 Å². The number of amides is 3. The number of carbonyl (C=O) groups excluding carboxylic acids is 2. The Hall–Kier alpha value is -2.57. The molecule has 1 unspecified atom stereocenters. The first-order valence-corrected chi connectivity index (χ1v) is 8.37.